The lowest BCUT2D eigenvalue weighted by Crippen LogP contribution is -2.45. The summed E-state index contributed by atoms with van der Waals surface area (Å²) in [5.74, 6) is 2.63. The van der Waals surface area contributed by atoms with Gasteiger partial charge in [-0.25, -0.2) is 4.79 Å². The zero-order valence-electron chi connectivity index (χ0n) is 29.9. The maximum atomic E-state index is 13.8. The van der Waals surface area contributed by atoms with Crippen LogP contribution in [0.3, 0.4) is 0 Å². The van der Waals surface area contributed by atoms with E-state index in [4.69, 9.17) is 4.74 Å². The third-order valence-electron chi connectivity index (χ3n) is 10.5. The van der Waals surface area contributed by atoms with Gasteiger partial charge < -0.3 is 10.1 Å². The molecule has 2 aromatic carbocycles. The molecule has 0 saturated carbocycles. The number of ketones is 1. The largest absolute Gasteiger partial charge is 0.464 e. The molecule has 1 amide bonds. The molecule has 5 heteroatoms. The molecule has 0 aliphatic heterocycles. The number of hydrogen-bond acceptors (Lipinski definition) is 4. The van der Waals surface area contributed by atoms with Crippen LogP contribution >= 0.6 is 0 Å². The fourth-order valence-electron chi connectivity index (χ4n) is 7.80. The minimum Gasteiger partial charge on any atom is -0.464 e. The Morgan fingerprint density at radius 1 is 0.609 bits per heavy atom. The number of esters is 1. The zero-order chi connectivity index (χ0) is 33.9. The first kappa shape index (κ1) is 39.2. The van der Waals surface area contributed by atoms with Gasteiger partial charge >= 0.3 is 5.97 Å². The molecular formula is C41H63NO4. The van der Waals surface area contributed by atoms with Crippen molar-refractivity contribution < 1.29 is 19.1 Å². The predicted octanol–water partition coefficient (Wildman–Crippen LogP) is 9.88. The Balaban J connectivity index is 2.22. The summed E-state index contributed by atoms with van der Waals surface area (Å²) in [7, 11) is 0. The highest BCUT2D eigenvalue weighted by atomic mass is 16.5. The Bertz CT molecular complexity index is 1110. The van der Waals surface area contributed by atoms with Gasteiger partial charge in [0.05, 0.1) is 6.61 Å². The number of carbonyl (C=O) groups excluding carboxylic acids is 3. The minimum atomic E-state index is -0.780. The van der Waals surface area contributed by atoms with Crippen LogP contribution in [-0.2, 0) is 20.7 Å². The molecule has 3 atom stereocenters. The summed E-state index contributed by atoms with van der Waals surface area (Å²) >= 11 is 0. The summed E-state index contributed by atoms with van der Waals surface area (Å²) in [5, 5.41) is 2.97. The first-order valence-electron chi connectivity index (χ1n) is 18.4. The normalized spacial score (nSPS) is 13.6. The quantitative estimate of drug-likeness (QED) is 0.0977. The third-order valence-corrected chi connectivity index (χ3v) is 10.5. The molecule has 0 aliphatic carbocycles. The highest BCUT2D eigenvalue weighted by molar-refractivity contribution is 5.96. The van der Waals surface area contributed by atoms with Crippen molar-refractivity contribution in [2.45, 2.75) is 125 Å². The van der Waals surface area contributed by atoms with Crippen LogP contribution in [0.15, 0.2) is 60.7 Å². The highest BCUT2D eigenvalue weighted by Gasteiger charge is 2.40. The summed E-state index contributed by atoms with van der Waals surface area (Å²) in [5.41, 5.74) is 1.62. The van der Waals surface area contributed by atoms with E-state index < -0.39 is 6.04 Å². The van der Waals surface area contributed by atoms with Crippen LogP contribution in [0, 0.1) is 35.5 Å². The molecule has 5 nitrogen and oxygen atoms in total. The maximum absolute atomic E-state index is 13.8. The zero-order valence-corrected chi connectivity index (χ0v) is 29.9. The summed E-state index contributed by atoms with van der Waals surface area (Å²) in [6, 6.07) is 18.1. The van der Waals surface area contributed by atoms with Gasteiger partial charge in [0, 0.05) is 24.8 Å². The minimum absolute atomic E-state index is 0.0198. The van der Waals surface area contributed by atoms with E-state index in [0.717, 1.165) is 24.8 Å². The van der Waals surface area contributed by atoms with Gasteiger partial charge in [-0.3, -0.25) is 9.59 Å². The topological polar surface area (TPSA) is 72.5 Å². The van der Waals surface area contributed by atoms with Crippen LogP contribution in [0.5, 0.6) is 0 Å². The molecule has 256 valence electrons. The van der Waals surface area contributed by atoms with Crippen molar-refractivity contribution in [2.75, 3.05) is 6.61 Å². The van der Waals surface area contributed by atoms with Crippen LogP contribution in [0.25, 0.3) is 0 Å². The van der Waals surface area contributed by atoms with E-state index in [1.807, 2.05) is 48.5 Å². The Kier molecular flexibility index (Phi) is 18.6. The number of benzene rings is 2. The number of Topliss-reactive ketones (excluding diaryl/α,β-unsaturated/α-hetero) is 1. The standard InChI is InChI=1S/C41H63NO4/c1-8-31(9-2)39(32(10-3)11-4)40(33(12-5)13-6)34(14-7)29-46-41(45)36(28-30-22-17-15-18-23-30)42-38(44)27-21-26-37(43)35-24-19-16-20-25-35/h15-20,22-25,31-34,36,39-40H,8-14,21,26-29H2,1-7H3,(H,42,44). The van der Waals surface area contributed by atoms with Crippen LogP contribution < -0.4 is 5.32 Å². The van der Waals surface area contributed by atoms with E-state index in [0.29, 0.717) is 54.6 Å². The third kappa shape index (κ3) is 12.0. The second-order valence-corrected chi connectivity index (χ2v) is 13.1. The second-order valence-electron chi connectivity index (χ2n) is 13.1. The molecular weight excluding hydrogens is 570 g/mol. The fourth-order valence-corrected chi connectivity index (χ4v) is 7.80. The van der Waals surface area contributed by atoms with E-state index in [1.165, 1.54) is 25.7 Å². The molecule has 3 unspecified atom stereocenters. The molecule has 46 heavy (non-hydrogen) atoms. The van der Waals surface area contributed by atoms with Crippen LogP contribution in [0.1, 0.15) is 129 Å². The number of rotatable bonds is 23. The SMILES string of the molecule is CCC(CC)C(C(CC)CC)C(C(CC)CC)C(CC)COC(=O)C(Cc1ccccc1)NC(=O)CCCC(=O)c1ccccc1. The molecule has 0 aromatic heterocycles. The van der Waals surface area contributed by atoms with Crippen molar-refractivity contribution in [3.05, 3.63) is 71.8 Å². The van der Waals surface area contributed by atoms with E-state index in [2.05, 4.69) is 53.8 Å². The van der Waals surface area contributed by atoms with Gasteiger partial charge in [0.15, 0.2) is 5.78 Å². The van der Waals surface area contributed by atoms with Gasteiger partial charge in [0.2, 0.25) is 5.91 Å². The second kappa shape index (κ2) is 21.8. The van der Waals surface area contributed by atoms with Gasteiger partial charge in [-0.15, -0.1) is 0 Å². The smallest absolute Gasteiger partial charge is 0.328 e. The van der Waals surface area contributed by atoms with Gasteiger partial charge in [0.25, 0.3) is 0 Å². The Labute approximate surface area is 280 Å². The summed E-state index contributed by atoms with van der Waals surface area (Å²) in [4.78, 5) is 39.4. The first-order chi connectivity index (χ1) is 22.3. The molecule has 2 rings (SSSR count). The molecule has 0 saturated heterocycles. The molecule has 0 aliphatic rings. The van der Waals surface area contributed by atoms with Gasteiger partial charge in [-0.2, -0.15) is 0 Å². The number of ether oxygens (including phenoxy) is 1. The van der Waals surface area contributed by atoms with E-state index >= 15 is 0 Å². The average Bonchev–Trinajstić information content (AvgIpc) is 3.08. The molecule has 0 radical (unpaired) electrons. The van der Waals surface area contributed by atoms with Crippen molar-refractivity contribution in [3.63, 3.8) is 0 Å². The van der Waals surface area contributed by atoms with Crippen LogP contribution in [0.2, 0.25) is 0 Å². The first-order valence-corrected chi connectivity index (χ1v) is 18.4. The van der Waals surface area contributed by atoms with E-state index in [1.54, 1.807) is 12.1 Å². The van der Waals surface area contributed by atoms with Gasteiger partial charge in [-0.1, -0.05) is 148 Å². The predicted molar refractivity (Wildman–Crippen MR) is 191 cm³/mol. The fraction of sp³-hybridized carbons (Fsp3) is 0.634. The Morgan fingerprint density at radius 2 is 1.07 bits per heavy atom. The lowest BCUT2D eigenvalue weighted by atomic mass is 9.60. The number of amides is 1. The van der Waals surface area contributed by atoms with Crippen molar-refractivity contribution in [3.8, 4) is 0 Å². The maximum Gasteiger partial charge on any atom is 0.328 e. The molecule has 0 fully saturated rings. The van der Waals surface area contributed by atoms with Crippen molar-refractivity contribution >= 4 is 17.7 Å². The lowest BCUT2D eigenvalue weighted by molar-refractivity contribution is -0.150. The van der Waals surface area contributed by atoms with Gasteiger partial charge in [0.1, 0.15) is 6.04 Å². The monoisotopic (exact) mass is 633 g/mol. The number of hydrogen-bond donors (Lipinski definition) is 1. The van der Waals surface area contributed by atoms with Crippen LogP contribution in [-0.4, -0.2) is 30.3 Å². The van der Waals surface area contributed by atoms with Gasteiger partial charge in [-0.05, 0) is 53.9 Å². The molecule has 0 heterocycles. The summed E-state index contributed by atoms with van der Waals surface area (Å²) in [6.07, 6.45) is 9.16. The van der Waals surface area contributed by atoms with Crippen molar-refractivity contribution in [1.29, 1.82) is 0 Å². The molecule has 0 spiro atoms. The van der Waals surface area contributed by atoms with E-state index in [9.17, 15) is 14.4 Å². The average molecular weight is 634 g/mol. The van der Waals surface area contributed by atoms with Crippen LogP contribution in [0.4, 0.5) is 0 Å². The highest BCUT2D eigenvalue weighted by Crippen LogP contribution is 2.46. The van der Waals surface area contributed by atoms with Crippen molar-refractivity contribution in [1.82, 2.24) is 5.32 Å². The lowest BCUT2D eigenvalue weighted by Gasteiger charge is -2.45. The Hall–Kier alpha value is -2.95. The summed E-state index contributed by atoms with van der Waals surface area (Å²) < 4.78 is 6.19. The molecule has 2 aromatic rings. The summed E-state index contributed by atoms with van der Waals surface area (Å²) in [6.45, 7) is 16.6. The van der Waals surface area contributed by atoms with E-state index in [-0.39, 0.29) is 36.4 Å². The molecule has 1 N–H and O–H groups in total. The molecule has 0 bridgehead atoms. The number of carbonyl (C=O) groups is 3. The number of nitrogens with one attached hydrogen (secondary N) is 1. The van der Waals surface area contributed by atoms with Crippen molar-refractivity contribution in [2.24, 2.45) is 35.5 Å². The Morgan fingerprint density at radius 3 is 1.54 bits per heavy atom.